The number of hydrogen-bond acceptors (Lipinski definition) is 3. The highest BCUT2D eigenvalue weighted by molar-refractivity contribution is 9.10. The van der Waals surface area contributed by atoms with Gasteiger partial charge >= 0.3 is 0 Å². The Bertz CT molecular complexity index is 766. The van der Waals surface area contributed by atoms with E-state index in [9.17, 15) is 4.79 Å². The average molecular weight is 359 g/mol. The van der Waals surface area contributed by atoms with Gasteiger partial charge in [-0.05, 0) is 40.5 Å². The molecule has 0 aliphatic heterocycles. The molecule has 2 N–H and O–H groups in total. The predicted octanol–water partition coefficient (Wildman–Crippen LogP) is 3.08. The Hall–Kier alpha value is -2.21. The molecule has 0 bridgehead atoms. The third kappa shape index (κ3) is 3.51. The van der Waals surface area contributed by atoms with E-state index < -0.39 is 0 Å². The number of carbonyl (C=O) groups is 1. The molecule has 2 heterocycles. The number of imidazole rings is 1. The predicted molar refractivity (Wildman–Crippen MR) is 88.7 cm³/mol. The van der Waals surface area contributed by atoms with E-state index in [0.29, 0.717) is 12.1 Å². The molecule has 0 saturated carbocycles. The van der Waals surface area contributed by atoms with E-state index in [1.807, 2.05) is 24.3 Å². The smallest absolute Gasteiger partial charge is 0.252 e. The first-order valence-electron chi connectivity index (χ1n) is 7.05. The third-order valence-electron chi connectivity index (χ3n) is 3.28. The molecule has 0 spiro atoms. The third-order valence-corrected chi connectivity index (χ3v) is 3.72. The summed E-state index contributed by atoms with van der Waals surface area (Å²) < 4.78 is 0.794. The molecule has 0 fully saturated rings. The van der Waals surface area contributed by atoms with E-state index in [1.54, 1.807) is 18.5 Å². The number of rotatable bonds is 5. The van der Waals surface area contributed by atoms with Gasteiger partial charge in [0.05, 0.1) is 16.6 Å². The molecule has 0 radical (unpaired) electrons. The molecule has 3 rings (SSSR count). The molecule has 2 aromatic heterocycles. The highest BCUT2D eigenvalue weighted by Gasteiger charge is 2.06. The van der Waals surface area contributed by atoms with Gasteiger partial charge in [0.25, 0.3) is 5.91 Å². The van der Waals surface area contributed by atoms with Crippen LogP contribution < -0.4 is 5.32 Å². The maximum atomic E-state index is 12.0. The highest BCUT2D eigenvalue weighted by atomic mass is 79.9. The van der Waals surface area contributed by atoms with Crippen molar-refractivity contribution in [2.45, 2.75) is 12.8 Å². The van der Waals surface area contributed by atoms with E-state index in [-0.39, 0.29) is 5.91 Å². The Labute approximate surface area is 136 Å². The quantitative estimate of drug-likeness (QED) is 0.688. The lowest BCUT2D eigenvalue weighted by Gasteiger charge is -2.04. The van der Waals surface area contributed by atoms with Crippen molar-refractivity contribution in [2.24, 2.45) is 0 Å². The van der Waals surface area contributed by atoms with Crippen LogP contribution in [0.15, 0.2) is 47.2 Å². The number of carbonyl (C=O) groups excluding carboxylic acids is 1. The molecule has 0 saturated heterocycles. The molecule has 112 valence electrons. The maximum absolute atomic E-state index is 12.0. The lowest BCUT2D eigenvalue weighted by Crippen LogP contribution is -2.25. The van der Waals surface area contributed by atoms with Gasteiger partial charge in [0.1, 0.15) is 5.82 Å². The number of amides is 1. The zero-order chi connectivity index (χ0) is 15.4. The number of H-pyrrole nitrogens is 1. The van der Waals surface area contributed by atoms with E-state index in [0.717, 1.165) is 34.2 Å². The monoisotopic (exact) mass is 358 g/mol. The van der Waals surface area contributed by atoms with Gasteiger partial charge in [-0.1, -0.05) is 12.1 Å². The first kappa shape index (κ1) is 14.7. The standard InChI is InChI=1S/C16H15BrN4O/c17-12-8-11(9-18-10-12)16(22)19-7-3-6-15-20-13-4-1-2-5-14(13)21-15/h1-2,4-5,8-10H,3,6-7H2,(H,19,22)(H,20,21). The number of halogens is 1. The number of nitrogens with one attached hydrogen (secondary N) is 2. The van der Waals surface area contributed by atoms with Crippen molar-refractivity contribution in [3.63, 3.8) is 0 Å². The normalized spacial score (nSPS) is 10.8. The Morgan fingerprint density at radius 2 is 2.14 bits per heavy atom. The van der Waals surface area contributed by atoms with Gasteiger partial charge < -0.3 is 10.3 Å². The molecule has 0 aliphatic carbocycles. The van der Waals surface area contributed by atoms with E-state index >= 15 is 0 Å². The summed E-state index contributed by atoms with van der Waals surface area (Å²) in [6.45, 7) is 0.600. The zero-order valence-electron chi connectivity index (χ0n) is 11.8. The number of hydrogen-bond donors (Lipinski definition) is 2. The minimum atomic E-state index is -0.113. The second-order valence-electron chi connectivity index (χ2n) is 4.95. The van der Waals surface area contributed by atoms with Crippen LogP contribution in [0.3, 0.4) is 0 Å². The molecule has 3 aromatic rings. The van der Waals surface area contributed by atoms with Crippen LogP contribution in [0.2, 0.25) is 0 Å². The largest absolute Gasteiger partial charge is 0.352 e. The zero-order valence-corrected chi connectivity index (χ0v) is 13.4. The molecular formula is C16H15BrN4O. The summed E-state index contributed by atoms with van der Waals surface area (Å²) in [6, 6.07) is 9.70. The minimum absolute atomic E-state index is 0.113. The van der Waals surface area contributed by atoms with Crippen LogP contribution in [0, 0.1) is 0 Å². The van der Waals surface area contributed by atoms with Crippen LogP contribution in [0.4, 0.5) is 0 Å². The number of aryl methyl sites for hydroxylation is 1. The fraction of sp³-hybridized carbons (Fsp3) is 0.188. The number of aromatic amines is 1. The number of fused-ring (bicyclic) bond motifs is 1. The van der Waals surface area contributed by atoms with Crippen LogP contribution in [0.25, 0.3) is 11.0 Å². The first-order valence-corrected chi connectivity index (χ1v) is 7.84. The molecule has 0 aliphatic rings. The number of nitrogens with zero attached hydrogens (tertiary/aromatic N) is 2. The molecule has 5 nitrogen and oxygen atoms in total. The molecule has 1 aromatic carbocycles. The van der Waals surface area contributed by atoms with Gasteiger partial charge in [-0.25, -0.2) is 4.98 Å². The summed E-state index contributed by atoms with van der Waals surface area (Å²) in [6.07, 6.45) is 4.83. The number of benzene rings is 1. The van der Waals surface area contributed by atoms with Crippen molar-refractivity contribution in [3.05, 3.63) is 58.6 Å². The molecule has 6 heteroatoms. The first-order chi connectivity index (χ1) is 10.7. The van der Waals surface area contributed by atoms with Gasteiger partial charge in [0.15, 0.2) is 0 Å². The molecule has 1 amide bonds. The number of pyridine rings is 1. The van der Waals surface area contributed by atoms with Crippen LogP contribution in [0.1, 0.15) is 22.6 Å². The average Bonchev–Trinajstić information content (AvgIpc) is 2.94. The summed E-state index contributed by atoms with van der Waals surface area (Å²) in [5.41, 5.74) is 2.57. The maximum Gasteiger partial charge on any atom is 0.252 e. The Morgan fingerprint density at radius 1 is 1.27 bits per heavy atom. The van der Waals surface area contributed by atoms with Gasteiger partial charge in [-0.3, -0.25) is 9.78 Å². The second-order valence-corrected chi connectivity index (χ2v) is 5.87. The summed E-state index contributed by atoms with van der Waals surface area (Å²) in [5.74, 6) is 0.831. The summed E-state index contributed by atoms with van der Waals surface area (Å²) in [4.78, 5) is 23.7. The molecule has 0 unspecified atom stereocenters. The lowest BCUT2D eigenvalue weighted by molar-refractivity contribution is 0.0952. The Balaban J connectivity index is 1.50. The Kier molecular flexibility index (Phi) is 4.48. The van der Waals surface area contributed by atoms with Crippen molar-refractivity contribution in [3.8, 4) is 0 Å². The van der Waals surface area contributed by atoms with Crippen molar-refractivity contribution in [2.75, 3.05) is 6.54 Å². The van der Waals surface area contributed by atoms with Crippen LogP contribution in [-0.4, -0.2) is 27.4 Å². The fourth-order valence-corrected chi connectivity index (χ4v) is 2.58. The van der Waals surface area contributed by atoms with Crippen LogP contribution in [-0.2, 0) is 6.42 Å². The van der Waals surface area contributed by atoms with E-state index in [2.05, 4.69) is 36.2 Å². The van der Waals surface area contributed by atoms with Crippen LogP contribution >= 0.6 is 15.9 Å². The van der Waals surface area contributed by atoms with Gasteiger partial charge in [-0.15, -0.1) is 0 Å². The van der Waals surface area contributed by atoms with Crippen LogP contribution in [0.5, 0.6) is 0 Å². The van der Waals surface area contributed by atoms with Gasteiger partial charge in [-0.2, -0.15) is 0 Å². The molecule has 0 atom stereocenters. The van der Waals surface area contributed by atoms with E-state index in [4.69, 9.17) is 0 Å². The summed E-state index contributed by atoms with van der Waals surface area (Å²) >= 11 is 3.30. The molecular weight excluding hydrogens is 344 g/mol. The van der Waals surface area contributed by atoms with Crippen molar-refractivity contribution >= 4 is 32.9 Å². The highest BCUT2D eigenvalue weighted by Crippen LogP contribution is 2.11. The summed E-state index contributed by atoms with van der Waals surface area (Å²) in [7, 11) is 0. The summed E-state index contributed by atoms with van der Waals surface area (Å²) in [5, 5.41) is 2.89. The van der Waals surface area contributed by atoms with Gasteiger partial charge in [0.2, 0.25) is 0 Å². The second kappa shape index (κ2) is 6.70. The number of aromatic nitrogens is 3. The molecule has 22 heavy (non-hydrogen) atoms. The van der Waals surface area contributed by atoms with Gasteiger partial charge in [0, 0.05) is 29.8 Å². The van der Waals surface area contributed by atoms with E-state index in [1.165, 1.54) is 0 Å². The van der Waals surface area contributed by atoms with Crippen molar-refractivity contribution < 1.29 is 4.79 Å². The topological polar surface area (TPSA) is 70.7 Å². The van der Waals surface area contributed by atoms with Crippen molar-refractivity contribution in [1.29, 1.82) is 0 Å². The lowest BCUT2D eigenvalue weighted by atomic mass is 10.2. The minimum Gasteiger partial charge on any atom is -0.352 e. The number of para-hydroxylation sites is 2. The Morgan fingerprint density at radius 3 is 2.95 bits per heavy atom. The fourth-order valence-electron chi connectivity index (χ4n) is 2.22. The SMILES string of the molecule is O=C(NCCCc1nc2ccccc2[nH]1)c1cncc(Br)c1. The van der Waals surface area contributed by atoms with Crippen molar-refractivity contribution in [1.82, 2.24) is 20.3 Å².